The number of anilines is 1. The van der Waals surface area contributed by atoms with Crippen molar-refractivity contribution in [2.24, 2.45) is 5.73 Å². The zero-order chi connectivity index (χ0) is 13.4. The summed E-state index contributed by atoms with van der Waals surface area (Å²) in [5.74, 6) is 1.09. The molecule has 0 radical (unpaired) electrons. The number of thioether (sulfide) groups is 1. The summed E-state index contributed by atoms with van der Waals surface area (Å²) in [4.78, 5) is 21.5. The van der Waals surface area contributed by atoms with Gasteiger partial charge in [0.05, 0.1) is 10.7 Å². The molecule has 0 aliphatic carbocycles. The average Bonchev–Trinajstić information content (AvgIpc) is 2.35. The molecule has 3 N–H and O–H groups in total. The van der Waals surface area contributed by atoms with Crippen molar-refractivity contribution in [1.29, 1.82) is 0 Å². The maximum Gasteiger partial charge on any atom is 0.269 e. The highest BCUT2D eigenvalue weighted by molar-refractivity contribution is 7.99. The van der Waals surface area contributed by atoms with Crippen LogP contribution in [0.3, 0.4) is 0 Å². The van der Waals surface area contributed by atoms with Crippen molar-refractivity contribution in [2.75, 3.05) is 23.4 Å². The van der Waals surface area contributed by atoms with Crippen molar-refractivity contribution in [3.05, 3.63) is 34.4 Å². The van der Waals surface area contributed by atoms with Gasteiger partial charge in [-0.1, -0.05) is 0 Å². The first-order valence-electron chi connectivity index (χ1n) is 5.45. The van der Waals surface area contributed by atoms with Crippen molar-refractivity contribution >= 4 is 29.0 Å². The van der Waals surface area contributed by atoms with E-state index in [9.17, 15) is 14.9 Å². The maximum absolute atomic E-state index is 11.5. The summed E-state index contributed by atoms with van der Waals surface area (Å²) in [7, 11) is 0. The fourth-order valence-electron chi connectivity index (χ4n) is 1.21. The molecule has 7 heteroatoms. The molecule has 1 amide bonds. The number of nitrogens with zero attached hydrogens (tertiary/aromatic N) is 1. The topological polar surface area (TPSA) is 98.3 Å². The van der Waals surface area contributed by atoms with Crippen molar-refractivity contribution in [2.45, 2.75) is 6.42 Å². The van der Waals surface area contributed by atoms with Gasteiger partial charge in [0.15, 0.2) is 0 Å². The third-order valence-corrected chi connectivity index (χ3v) is 3.13. The highest BCUT2D eigenvalue weighted by Crippen LogP contribution is 2.15. The quantitative estimate of drug-likeness (QED) is 0.445. The van der Waals surface area contributed by atoms with Gasteiger partial charge in [0, 0.05) is 17.8 Å². The van der Waals surface area contributed by atoms with Gasteiger partial charge in [-0.3, -0.25) is 14.9 Å². The number of non-ortho nitro benzene ring substituents is 1. The molecule has 98 valence electrons. The summed E-state index contributed by atoms with van der Waals surface area (Å²) < 4.78 is 0. The molecule has 0 heterocycles. The predicted molar refractivity (Wildman–Crippen MR) is 72.7 cm³/mol. The lowest BCUT2D eigenvalue weighted by atomic mass is 10.3. The summed E-state index contributed by atoms with van der Waals surface area (Å²) in [5.41, 5.74) is 5.90. The van der Waals surface area contributed by atoms with Gasteiger partial charge in [-0.05, 0) is 30.9 Å². The van der Waals surface area contributed by atoms with E-state index in [0.29, 0.717) is 18.0 Å². The molecule has 0 unspecified atom stereocenters. The minimum Gasteiger partial charge on any atom is -0.330 e. The van der Waals surface area contributed by atoms with Crippen LogP contribution in [-0.4, -0.2) is 28.9 Å². The van der Waals surface area contributed by atoms with Crippen LogP contribution in [0.15, 0.2) is 24.3 Å². The Morgan fingerprint density at radius 1 is 1.39 bits per heavy atom. The number of carbonyl (C=O) groups is 1. The second-order valence-electron chi connectivity index (χ2n) is 3.55. The number of nitrogens with two attached hydrogens (primary N) is 1. The summed E-state index contributed by atoms with van der Waals surface area (Å²) in [6, 6.07) is 5.75. The van der Waals surface area contributed by atoms with Crippen molar-refractivity contribution in [3.8, 4) is 0 Å². The molecule has 0 bridgehead atoms. The van der Waals surface area contributed by atoms with Crippen molar-refractivity contribution in [3.63, 3.8) is 0 Å². The highest BCUT2D eigenvalue weighted by atomic mass is 32.2. The van der Waals surface area contributed by atoms with Crippen LogP contribution < -0.4 is 11.1 Å². The number of nitro groups is 1. The minimum absolute atomic E-state index is 0.00493. The number of hydrogen-bond donors (Lipinski definition) is 2. The van der Waals surface area contributed by atoms with Gasteiger partial charge in [-0.25, -0.2) is 0 Å². The van der Waals surface area contributed by atoms with Gasteiger partial charge in [0.25, 0.3) is 5.69 Å². The smallest absolute Gasteiger partial charge is 0.269 e. The third kappa shape index (κ3) is 5.15. The Hall–Kier alpha value is -1.60. The second-order valence-corrected chi connectivity index (χ2v) is 4.65. The Labute approximate surface area is 109 Å². The SMILES string of the molecule is NCCCSCC(=O)Nc1ccc([N+](=O)[O-])cc1. The normalized spacial score (nSPS) is 10.1. The molecular weight excluding hydrogens is 254 g/mol. The van der Waals surface area contributed by atoms with Crippen LogP contribution in [-0.2, 0) is 4.79 Å². The Bertz CT molecular complexity index is 408. The molecule has 18 heavy (non-hydrogen) atoms. The van der Waals surface area contributed by atoms with E-state index in [-0.39, 0.29) is 11.6 Å². The number of hydrogen-bond acceptors (Lipinski definition) is 5. The van der Waals surface area contributed by atoms with E-state index in [0.717, 1.165) is 12.2 Å². The van der Waals surface area contributed by atoms with E-state index < -0.39 is 4.92 Å². The summed E-state index contributed by atoms with van der Waals surface area (Å²) >= 11 is 1.51. The minimum atomic E-state index is -0.478. The number of rotatable bonds is 7. The van der Waals surface area contributed by atoms with Gasteiger partial charge in [-0.2, -0.15) is 11.8 Å². The zero-order valence-corrected chi connectivity index (χ0v) is 10.6. The molecule has 0 aromatic heterocycles. The number of nitro benzene ring substituents is 1. The average molecular weight is 269 g/mol. The lowest BCUT2D eigenvalue weighted by molar-refractivity contribution is -0.384. The highest BCUT2D eigenvalue weighted by Gasteiger charge is 2.06. The molecular formula is C11H15N3O3S. The van der Waals surface area contributed by atoms with Crippen LogP contribution in [0.5, 0.6) is 0 Å². The molecule has 0 spiro atoms. The van der Waals surface area contributed by atoms with Gasteiger partial charge >= 0.3 is 0 Å². The lowest BCUT2D eigenvalue weighted by Crippen LogP contribution is -2.14. The molecule has 1 aromatic rings. The molecule has 0 aliphatic heterocycles. The van der Waals surface area contributed by atoms with E-state index in [1.807, 2.05) is 0 Å². The number of benzene rings is 1. The Balaban J connectivity index is 2.37. The van der Waals surface area contributed by atoms with Crippen LogP contribution in [0.4, 0.5) is 11.4 Å². The Kier molecular flexibility index (Phi) is 6.16. The Morgan fingerprint density at radius 2 is 2.06 bits per heavy atom. The third-order valence-electron chi connectivity index (χ3n) is 2.09. The summed E-state index contributed by atoms with van der Waals surface area (Å²) in [6.07, 6.45) is 0.884. The van der Waals surface area contributed by atoms with E-state index >= 15 is 0 Å². The van der Waals surface area contributed by atoms with Crippen molar-refractivity contribution < 1.29 is 9.72 Å². The van der Waals surface area contributed by atoms with Crippen LogP contribution in [0, 0.1) is 10.1 Å². The first-order chi connectivity index (χ1) is 8.63. The summed E-state index contributed by atoms with van der Waals surface area (Å²) in [6.45, 7) is 0.622. The lowest BCUT2D eigenvalue weighted by Gasteiger charge is -2.04. The molecule has 1 aromatic carbocycles. The predicted octanol–water partition coefficient (Wildman–Crippen LogP) is 1.62. The van der Waals surface area contributed by atoms with Crippen LogP contribution in [0.1, 0.15) is 6.42 Å². The second kappa shape index (κ2) is 7.67. The van der Waals surface area contributed by atoms with E-state index in [1.54, 1.807) is 0 Å². The molecule has 0 saturated heterocycles. The fraction of sp³-hybridized carbons (Fsp3) is 0.364. The monoisotopic (exact) mass is 269 g/mol. The number of amides is 1. The van der Waals surface area contributed by atoms with Crippen molar-refractivity contribution in [1.82, 2.24) is 0 Å². The number of nitrogens with one attached hydrogen (secondary N) is 1. The van der Waals surface area contributed by atoms with Crippen LogP contribution in [0.25, 0.3) is 0 Å². The van der Waals surface area contributed by atoms with Gasteiger partial charge in [-0.15, -0.1) is 0 Å². The first-order valence-corrected chi connectivity index (χ1v) is 6.61. The van der Waals surface area contributed by atoms with Crippen LogP contribution in [0.2, 0.25) is 0 Å². The zero-order valence-electron chi connectivity index (χ0n) is 9.80. The van der Waals surface area contributed by atoms with E-state index in [4.69, 9.17) is 5.73 Å². The number of carbonyl (C=O) groups excluding carboxylic acids is 1. The van der Waals surface area contributed by atoms with Gasteiger partial charge in [0.1, 0.15) is 0 Å². The van der Waals surface area contributed by atoms with Gasteiger partial charge in [0.2, 0.25) is 5.91 Å². The standard InChI is InChI=1S/C11H15N3O3S/c12-6-1-7-18-8-11(15)13-9-2-4-10(5-3-9)14(16)17/h2-5H,1,6-8,12H2,(H,13,15). The fourth-order valence-corrected chi connectivity index (χ4v) is 1.99. The molecule has 1 rings (SSSR count). The van der Waals surface area contributed by atoms with Gasteiger partial charge < -0.3 is 11.1 Å². The molecule has 0 atom stereocenters. The molecule has 0 saturated carbocycles. The molecule has 0 aliphatic rings. The molecule has 0 fully saturated rings. The van der Waals surface area contributed by atoms with E-state index in [2.05, 4.69) is 5.32 Å². The van der Waals surface area contributed by atoms with Crippen LogP contribution >= 0.6 is 11.8 Å². The summed E-state index contributed by atoms with van der Waals surface area (Å²) in [5, 5.41) is 13.1. The maximum atomic E-state index is 11.5. The molecule has 6 nitrogen and oxygen atoms in total. The largest absolute Gasteiger partial charge is 0.330 e. The first kappa shape index (κ1) is 14.5. The van der Waals surface area contributed by atoms with E-state index in [1.165, 1.54) is 36.0 Å². The Morgan fingerprint density at radius 3 is 2.61 bits per heavy atom.